The molecule has 10 heteroatoms. The van der Waals surface area contributed by atoms with Crippen LogP contribution in [0.1, 0.15) is 29.3 Å². The van der Waals surface area contributed by atoms with E-state index in [-0.39, 0.29) is 12.1 Å². The van der Waals surface area contributed by atoms with E-state index in [0.29, 0.717) is 13.1 Å². The molecule has 8 nitrogen and oxygen atoms in total. The summed E-state index contributed by atoms with van der Waals surface area (Å²) in [6.45, 7) is 7.80. The van der Waals surface area contributed by atoms with Crippen LogP contribution in [-0.2, 0) is 7.05 Å². The van der Waals surface area contributed by atoms with Gasteiger partial charge >= 0.3 is 6.03 Å². The van der Waals surface area contributed by atoms with E-state index in [0.717, 1.165) is 54.3 Å². The van der Waals surface area contributed by atoms with Crippen molar-refractivity contribution in [3.63, 3.8) is 0 Å². The number of carbonyl (C=O) groups excluding carboxylic acids is 1. The zero-order chi connectivity index (χ0) is 24.7. The minimum atomic E-state index is 0.0641. The summed E-state index contributed by atoms with van der Waals surface area (Å²) >= 11 is 0. The SMILES string of the molecule is Bc1cc(C)cc(C2CCNN2C(=O)N2CCN(c3cc(-c4cc(C)nn4C)c(B)cn3)CC2)c1. The van der Waals surface area contributed by atoms with Crippen molar-refractivity contribution in [2.75, 3.05) is 37.6 Å². The summed E-state index contributed by atoms with van der Waals surface area (Å²) in [4.78, 5) is 22.4. The number of benzene rings is 1. The maximum absolute atomic E-state index is 13.5. The lowest BCUT2D eigenvalue weighted by molar-refractivity contribution is 0.125. The van der Waals surface area contributed by atoms with E-state index in [4.69, 9.17) is 4.98 Å². The van der Waals surface area contributed by atoms with Gasteiger partial charge in [-0.2, -0.15) is 5.10 Å². The van der Waals surface area contributed by atoms with E-state index in [9.17, 15) is 4.79 Å². The number of piperazine rings is 1. The third-order valence-electron chi connectivity index (χ3n) is 7.09. The van der Waals surface area contributed by atoms with Crippen LogP contribution in [0, 0.1) is 13.8 Å². The highest BCUT2D eigenvalue weighted by Gasteiger charge is 2.34. The van der Waals surface area contributed by atoms with Crippen molar-refractivity contribution in [2.24, 2.45) is 7.05 Å². The van der Waals surface area contributed by atoms with E-state index in [1.807, 2.05) is 34.8 Å². The average Bonchev–Trinajstić information content (AvgIpc) is 3.44. The number of nitrogens with zero attached hydrogens (tertiary/aromatic N) is 6. The highest BCUT2D eigenvalue weighted by Crippen LogP contribution is 2.29. The number of hydrogen-bond donors (Lipinski definition) is 1. The molecule has 1 aromatic carbocycles. The molecule has 2 amide bonds. The van der Waals surface area contributed by atoms with Crippen molar-refractivity contribution in [1.82, 2.24) is 30.1 Å². The molecule has 0 bridgehead atoms. The molecule has 0 radical (unpaired) electrons. The first kappa shape index (κ1) is 23.5. The largest absolute Gasteiger partial charge is 0.353 e. The molecule has 2 aliphatic rings. The molecule has 1 N–H and O–H groups in total. The van der Waals surface area contributed by atoms with Crippen LogP contribution in [0.4, 0.5) is 10.6 Å². The standard InChI is InChI=1S/C25H33B2N7O/c1-16-10-18(13-19(26)11-16)22-4-5-29-34(22)25(35)33-8-6-32(7-9-33)24-14-20(21(27)15-28-24)23-12-17(2)30-31(23)3/h10-15,22,29H,4-9,26-27H2,1-3H3. The Balaban J connectivity index is 1.28. The fourth-order valence-electron chi connectivity index (χ4n) is 5.38. The molecule has 1 atom stereocenters. The van der Waals surface area contributed by atoms with Crippen LogP contribution in [0.2, 0.25) is 0 Å². The number of aryl methyl sites for hydroxylation is 3. The molecule has 2 aliphatic heterocycles. The third kappa shape index (κ3) is 4.67. The third-order valence-corrected chi connectivity index (χ3v) is 7.09. The number of amides is 2. The number of hydrazine groups is 1. The van der Waals surface area contributed by atoms with Crippen LogP contribution < -0.4 is 21.3 Å². The summed E-state index contributed by atoms with van der Waals surface area (Å²) in [5, 5.41) is 6.35. The van der Waals surface area contributed by atoms with Gasteiger partial charge in [0, 0.05) is 46.0 Å². The number of hydrogen-bond acceptors (Lipinski definition) is 5. The van der Waals surface area contributed by atoms with Crippen LogP contribution in [0.3, 0.4) is 0 Å². The molecule has 0 aliphatic carbocycles. The van der Waals surface area contributed by atoms with Crippen LogP contribution in [0.25, 0.3) is 11.3 Å². The van der Waals surface area contributed by atoms with Gasteiger partial charge in [0.25, 0.3) is 0 Å². The number of pyridine rings is 1. The fourth-order valence-corrected chi connectivity index (χ4v) is 5.38. The molecular weight excluding hydrogens is 436 g/mol. The second-order valence-corrected chi connectivity index (χ2v) is 9.91. The van der Waals surface area contributed by atoms with Gasteiger partial charge in [0.1, 0.15) is 21.5 Å². The molecule has 0 saturated carbocycles. The molecule has 35 heavy (non-hydrogen) atoms. The average molecular weight is 469 g/mol. The number of urea groups is 1. The van der Waals surface area contributed by atoms with Crippen molar-refractivity contribution in [2.45, 2.75) is 26.3 Å². The fraction of sp³-hybridized carbons (Fsp3) is 0.400. The second kappa shape index (κ2) is 9.41. The highest BCUT2D eigenvalue weighted by molar-refractivity contribution is 6.35. The summed E-state index contributed by atoms with van der Waals surface area (Å²) in [6.07, 6.45) is 2.87. The van der Waals surface area contributed by atoms with Crippen molar-refractivity contribution >= 4 is 38.5 Å². The number of carbonyl (C=O) groups is 1. The zero-order valence-electron chi connectivity index (χ0n) is 21.4. The maximum Gasteiger partial charge on any atom is 0.335 e. The Morgan fingerprint density at radius 2 is 1.83 bits per heavy atom. The van der Waals surface area contributed by atoms with Crippen LogP contribution >= 0.6 is 0 Å². The first-order valence-electron chi connectivity index (χ1n) is 12.4. The summed E-state index contributed by atoms with van der Waals surface area (Å²) in [5.41, 5.74) is 11.4. The van der Waals surface area contributed by atoms with Gasteiger partial charge in [-0.25, -0.2) is 15.2 Å². The van der Waals surface area contributed by atoms with Gasteiger partial charge in [-0.1, -0.05) is 34.7 Å². The Hall–Kier alpha value is -3.26. The van der Waals surface area contributed by atoms with Crippen molar-refractivity contribution in [3.8, 4) is 11.3 Å². The van der Waals surface area contributed by atoms with Crippen LogP contribution in [0.15, 0.2) is 36.5 Å². The molecule has 180 valence electrons. The molecule has 4 heterocycles. The minimum absolute atomic E-state index is 0.0641. The lowest BCUT2D eigenvalue weighted by Crippen LogP contribution is -2.55. The van der Waals surface area contributed by atoms with E-state index in [1.165, 1.54) is 16.6 Å². The number of aromatic nitrogens is 3. The van der Waals surface area contributed by atoms with Crippen LogP contribution in [-0.4, -0.2) is 79.1 Å². The molecule has 2 fully saturated rings. The quantitative estimate of drug-likeness (QED) is 0.539. The normalized spacial score (nSPS) is 18.4. The molecular formula is C25H33B2N7O. The first-order chi connectivity index (χ1) is 16.8. The summed E-state index contributed by atoms with van der Waals surface area (Å²) in [7, 11) is 6.18. The van der Waals surface area contributed by atoms with Gasteiger partial charge in [0.05, 0.1) is 17.4 Å². The van der Waals surface area contributed by atoms with Crippen molar-refractivity contribution < 1.29 is 4.79 Å². The number of nitrogens with one attached hydrogen (secondary N) is 1. The van der Waals surface area contributed by atoms with E-state index >= 15 is 0 Å². The lowest BCUT2D eigenvalue weighted by atomic mass is 9.90. The van der Waals surface area contributed by atoms with Gasteiger partial charge in [0.15, 0.2) is 0 Å². The summed E-state index contributed by atoms with van der Waals surface area (Å²) in [6, 6.07) is 11.0. The molecule has 2 aromatic heterocycles. The molecule has 5 rings (SSSR count). The van der Waals surface area contributed by atoms with E-state index in [2.05, 4.69) is 68.4 Å². The van der Waals surface area contributed by atoms with Gasteiger partial charge in [-0.05, 0) is 43.5 Å². The monoisotopic (exact) mass is 469 g/mol. The predicted molar refractivity (Wildman–Crippen MR) is 145 cm³/mol. The van der Waals surface area contributed by atoms with Crippen molar-refractivity contribution in [1.29, 1.82) is 0 Å². The van der Waals surface area contributed by atoms with Gasteiger partial charge in [-0.15, -0.1) is 0 Å². The Bertz CT molecular complexity index is 1230. The Kier molecular flexibility index (Phi) is 6.32. The first-order valence-corrected chi connectivity index (χ1v) is 12.4. The van der Waals surface area contributed by atoms with E-state index < -0.39 is 0 Å². The Morgan fingerprint density at radius 3 is 2.51 bits per heavy atom. The van der Waals surface area contributed by atoms with Crippen LogP contribution in [0.5, 0.6) is 0 Å². The summed E-state index contributed by atoms with van der Waals surface area (Å²) in [5.74, 6) is 0.948. The van der Waals surface area contributed by atoms with Gasteiger partial charge in [0.2, 0.25) is 0 Å². The predicted octanol–water partition coefficient (Wildman–Crippen LogP) is -0.191. The summed E-state index contributed by atoms with van der Waals surface area (Å²) < 4.78 is 1.92. The highest BCUT2D eigenvalue weighted by atomic mass is 16.2. The van der Waals surface area contributed by atoms with Gasteiger partial charge in [-0.3, -0.25) is 9.69 Å². The number of rotatable bonds is 3. The molecule has 2 saturated heterocycles. The lowest BCUT2D eigenvalue weighted by Gasteiger charge is -2.38. The Morgan fingerprint density at radius 1 is 1.06 bits per heavy atom. The van der Waals surface area contributed by atoms with Crippen molar-refractivity contribution in [3.05, 3.63) is 53.3 Å². The molecule has 3 aromatic rings. The maximum atomic E-state index is 13.5. The minimum Gasteiger partial charge on any atom is -0.353 e. The Labute approximate surface area is 209 Å². The molecule has 1 unspecified atom stereocenters. The van der Waals surface area contributed by atoms with E-state index in [1.54, 1.807) is 0 Å². The molecule has 0 spiro atoms. The topological polar surface area (TPSA) is 69.5 Å². The number of anilines is 1. The second-order valence-electron chi connectivity index (χ2n) is 9.91. The smallest absolute Gasteiger partial charge is 0.335 e. The zero-order valence-corrected chi connectivity index (χ0v) is 21.4. The van der Waals surface area contributed by atoms with Gasteiger partial charge < -0.3 is 9.80 Å².